The van der Waals surface area contributed by atoms with Gasteiger partial charge in [0.2, 0.25) is 11.8 Å². The van der Waals surface area contributed by atoms with Crippen LogP contribution in [0.1, 0.15) is 56.9 Å². The summed E-state index contributed by atoms with van der Waals surface area (Å²) in [6, 6.07) is 4.83. The minimum atomic E-state index is -1.24. The molecule has 2 aromatic rings. The highest BCUT2D eigenvalue weighted by atomic mass is 16.5. The molecule has 1 aromatic heterocycles. The van der Waals surface area contributed by atoms with Crippen molar-refractivity contribution in [2.75, 3.05) is 13.7 Å². The van der Waals surface area contributed by atoms with E-state index in [0.717, 1.165) is 11.8 Å². The molecule has 0 radical (unpaired) electrons. The number of benzene rings is 1. The Morgan fingerprint density at radius 1 is 1.20 bits per heavy atom. The Bertz CT molecular complexity index is 1100. The molecule has 0 spiro atoms. The Morgan fingerprint density at radius 2 is 1.94 bits per heavy atom. The highest BCUT2D eigenvalue weighted by Crippen LogP contribution is 2.27. The van der Waals surface area contributed by atoms with Gasteiger partial charge in [0.05, 0.1) is 7.11 Å². The molecule has 1 aliphatic heterocycles. The molecule has 0 saturated carbocycles. The highest BCUT2D eigenvalue weighted by Gasteiger charge is 2.33. The number of aromatic amines is 1. The summed E-state index contributed by atoms with van der Waals surface area (Å²) >= 11 is 0. The summed E-state index contributed by atoms with van der Waals surface area (Å²) in [7, 11) is 1.54. The van der Waals surface area contributed by atoms with Crippen molar-refractivity contribution < 1.29 is 29.0 Å². The monoisotopic (exact) mass is 486 g/mol. The molecule has 35 heavy (non-hydrogen) atoms. The Balaban J connectivity index is 1.77. The second-order valence-corrected chi connectivity index (χ2v) is 10.2. The molecule has 10 nitrogen and oxygen atoms in total. The maximum Gasteiger partial charge on any atom is 0.326 e. The van der Waals surface area contributed by atoms with Gasteiger partial charge in [0, 0.05) is 23.4 Å². The van der Waals surface area contributed by atoms with Crippen molar-refractivity contribution in [1.82, 2.24) is 20.9 Å². The quantitative estimate of drug-likeness (QED) is 0.367. The first kappa shape index (κ1) is 26.1. The molecule has 3 atom stereocenters. The molecule has 190 valence electrons. The molecule has 10 heteroatoms. The van der Waals surface area contributed by atoms with Gasteiger partial charge in [0.25, 0.3) is 5.91 Å². The van der Waals surface area contributed by atoms with Gasteiger partial charge in [-0.15, -0.1) is 0 Å². The van der Waals surface area contributed by atoms with E-state index in [2.05, 4.69) is 20.9 Å². The lowest BCUT2D eigenvalue weighted by molar-refractivity contribution is -0.143. The van der Waals surface area contributed by atoms with Crippen LogP contribution in [-0.4, -0.2) is 59.5 Å². The second-order valence-electron chi connectivity index (χ2n) is 10.2. The zero-order valence-corrected chi connectivity index (χ0v) is 20.6. The normalized spacial score (nSPS) is 17.8. The molecule has 2 unspecified atom stereocenters. The number of hydrogen-bond donors (Lipinski definition) is 5. The number of fused-ring (bicyclic) bond motifs is 1. The van der Waals surface area contributed by atoms with Gasteiger partial charge in [0.1, 0.15) is 23.5 Å². The van der Waals surface area contributed by atoms with E-state index in [4.69, 9.17) is 4.74 Å². The van der Waals surface area contributed by atoms with Crippen LogP contribution in [-0.2, 0) is 14.4 Å². The molecule has 0 bridgehead atoms. The van der Waals surface area contributed by atoms with Crippen LogP contribution < -0.4 is 20.7 Å². The Kier molecular flexibility index (Phi) is 8.03. The van der Waals surface area contributed by atoms with E-state index < -0.39 is 35.8 Å². The van der Waals surface area contributed by atoms with Crippen molar-refractivity contribution >= 4 is 34.6 Å². The van der Waals surface area contributed by atoms with E-state index in [-0.39, 0.29) is 29.9 Å². The fraction of sp³-hybridized carbons (Fsp3) is 0.520. The smallest absolute Gasteiger partial charge is 0.326 e. The molecule has 0 aliphatic carbocycles. The van der Waals surface area contributed by atoms with E-state index >= 15 is 0 Å². The van der Waals surface area contributed by atoms with Crippen LogP contribution in [0, 0.1) is 11.3 Å². The summed E-state index contributed by atoms with van der Waals surface area (Å²) in [5.74, 6) is -2.40. The van der Waals surface area contributed by atoms with Crippen molar-refractivity contribution in [1.29, 1.82) is 0 Å². The van der Waals surface area contributed by atoms with Crippen LogP contribution in [0.4, 0.5) is 0 Å². The number of carboxylic acid groups (broad SMARTS) is 1. The van der Waals surface area contributed by atoms with Crippen LogP contribution in [0.3, 0.4) is 0 Å². The zero-order valence-electron chi connectivity index (χ0n) is 20.6. The largest absolute Gasteiger partial charge is 0.496 e. The molecule has 3 amide bonds. The lowest BCUT2D eigenvalue weighted by Crippen LogP contribution is -2.53. The standard InChI is InChI=1S/C25H34N4O6/c1-25(2,3)13-19(23(32)28-18(24(33)34)11-14-7-6-10-26-21(14)30)29-22(31)17-12-15-16(27-17)8-5-9-20(15)35-4/h5,8-9,12,14,18-19,27H,6-7,10-11,13H2,1-4H3,(H,26,30)(H,28,32)(H,29,31)(H,33,34)/t14-,18?,19?/m0/s1. The van der Waals surface area contributed by atoms with E-state index in [1.54, 1.807) is 25.3 Å². The molecule has 5 N–H and O–H groups in total. The average molecular weight is 487 g/mol. The first-order valence-electron chi connectivity index (χ1n) is 11.8. The first-order valence-corrected chi connectivity index (χ1v) is 11.8. The third-order valence-electron chi connectivity index (χ3n) is 6.06. The number of nitrogens with one attached hydrogen (secondary N) is 4. The summed E-state index contributed by atoms with van der Waals surface area (Å²) in [6.45, 7) is 6.34. The van der Waals surface area contributed by atoms with Crippen LogP contribution in [0.5, 0.6) is 5.75 Å². The minimum Gasteiger partial charge on any atom is -0.496 e. The van der Waals surface area contributed by atoms with Crippen molar-refractivity contribution in [3.63, 3.8) is 0 Å². The maximum atomic E-state index is 13.2. The number of carboxylic acids is 1. The predicted molar refractivity (Wildman–Crippen MR) is 130 cm³/mol. The molecule has 1 aromatic carbocycles. The lowest BCUT2D eigenvalue weighted by Gasteiger charge is -2.29. The second kappa shape index (κ2) is 10.8. The number of carbonyl (C=O) groups excluding carboxylic acids is 3. The van der Waals surface area contributed by atoms with Gasteiger partial charge in [-0.2, -0.15) is 0 Å². The number of ether oxygens (including phenoxy) is 1. The van der Waals surface area contributed by atoms with E-state index in [0.29, 0.717) is 24.2 Å². The summed E-state index contributed by atoms with van der Waals surface area (Å²) in [5.41, 5.74) is 0.633. The van der Waals surface area contributed by atoms with Crippen molar-refractivity contribution in [2.45, 2.75) is 58.5 Å². The fourth-order valence-corrected chi connectivity index (χ4v) is 4.32. The SMILES string of the molecule is COc1cccc2[nH]c(C(=O)NC(CC(C)(C)C)C(=O)NC(C[C@@H]3CCCNC3=O)C(=O)O)cc12. The summed E-state index contributed by atoms with van der Waals surface area (Å²) in [4.78, 5) is 53.2. The summed E-state index contributed by atoms with van der Waals surface area (Å²) in [6.07, 6.45) is 1.60. The number of piperidine rings is 1. The van der Waals surface area contributed by atoms with Crippen molar-refractivity contribution in [3.8, 4) is 5.75 Å². The molecule has 1 saturated heterocycles. The highest BCUT2D eigenvalue weighted by molar-refractivity contribution is 6.01. The zero-order chi connectivity index (χ0) is 25.8. The molecule has 2 heterocycles. The number of carbonyl (C=O) groups is 4. The van der Waals surface area contributed by atoms with Gasteiger partial charge in [-0.1, -0.05) is 26.8 Å². The van der Waals surface area contributed by atoms with Gasteiger partial charge >= 0.3 is 5.97 Å². The Hall–Kier alpha value is -3.56. The minimum absolute atomic E-state index is 0.00902. The predicted octanol–water partition coefficient (Wildman–Crippen LogP) is 2.20. The van der Waals surface area contributed by atoms with E-state index in [1.165, 1.54) is 0 Å². The third-order valence-corrected chi connectivity index (χ3v) is 6.06. The number of methoxy groups -OCH3 is 1. The molecule has 1 aliphatic rings. The van der Waals surface area contributed by atoms with Gasteiger partial charge in [-0.05, 0) is 49.3 Å². The number of H-pyrrole nitrogens is 1. The van der Waals surface area contributed by atoms with E-state index in [9.17, 15) is 24.3 Å². The van der Waals surface area contributed by atoms with Gasteiger partial charge in [0.15, 0.2) is 0 Å². The van der Waals surface area contributed by atoms with Gasteiger partial charge in [-0.3, -0.25) is 14.4 Å². The molecule has 1 fully saturated rings. The number of aromatic nitrogens is 1. The molecular weight excluding hydrogens is 452 g/mol. The Labute approximate surface area is 204 Å². The van der Waals surface area contributed by atoms with E-state index in [1.807, 2.05) is 26.8 Å². The molecule has 3 rings (SSSR count). The Morgan fingerprint density at radius 3 is 2.57 bits per heavy atom. The topological polar surface area (TPSA) is 150 Å². The van der Waals surface area contributed by atoms with Crippen LogP contribution in [0.25, 0.3) is 10.9 Å². The van der Waals surface area contributed by atoms with Crippen LogP contribution >= 0.6 is 0 Å². The summed E-state index contributed by atoms with van der Waals surface area (Å²) < 4.78 is 5.34. The number of aliphatic carboxylic acids is 1. The first-order chi connectivity index (χ1) is 16.5. The lowest BCUT2D eigenvalue weighted by atomic mass is 9.87. The average Bonchev–Trinajstić information content (AvgIpc) is 3.23. The van der Waals surface area contributed by atoms with Gasteiger partial charge < -0.3 is 30.8 Å². The van der Waals surface area contributed by atoms with Gasteiger partial charge in [-0.25, -0.2) is 4.79 Å². The number of amides is 3. The van der Waals surface area contributed by atoms with Crippen LogP contribution in [0.2, 0.25) is 0 Å². The third kappa shape index (κ3) is 6.74. The molecular formula is C25H34N4O6. The van der Waals surface area contributed by atoms with Crippen molar-refractivity contribution in [2.24, 2.45) is 11.3 Å². The van der Waals surface area contributed by atoms with Crippen LogP contribution in [0.15, 0.2) is 24.3 Å². The fourth-order valence-electron chi connectivity index (χ4n) is 4.32. The number of rotatable bonds is 9. The summed E-state index contributed by atoms with van der Waals surface area (Å²) in [5, 5.41) is 18.5. The van der Waals surface area contributed by atoms with Crippen molar-refractivity contribution in [3.05, 3.63) is 30.0 Å². The maximum absolute atomic E-state index is 13.2. The number of hydrogen-bond acceptors (Lipinski definition) is 5.